The minimum Gasteiger partial charge on any atom is -0.426 e. The molecule has 3 atom stereocenters. The van der Waals surface area contributed by atoms with E-state index in [1.807, 2.05) is 0 Å². The molecule has 1 heterocycles. The van der Waals surface area contributed by atoms with Gasteiger partial charge in [-0.3, -0.25) is 4.79 Å². The number of fused-ring (bicyclic) bond motifs is 2. The number of thioether (sulfide) groups is 1. The molecule has 0 spiro atoms. The molecule has 1 saturated carbocycles. The van der Waals surface area contributed by atoms with E-state index in [0.717, 1.165) is 24.2 Å². The van der Waals surface area contributed by atoms with E-state index in [-0.39, 0.29) is 16.4 Å². The van der Waals surface area contributed by atoms with E-state index in [9.17, 15) is 14.7 Å². The lowest BCUT2D eigenvalue weighted by Gasteiger charge is -2.51. The van der Waals surface area contributed by atoms with E-state index < -0.39 is 11.8 Å². The van der Waals surface area contributed by atoms with E-state index in [0.29, 0.717) is 12.3 Å². The summed E-state index contributed by atoms with van der Waals surface area (Å²) in [5, 5.41) is 10.9. The maximum atomic E-state index is 11.6. The normalized spacial score (nSPS) is 35.9. The Balaban J connectivity index is 1.87. The fraction of sp³-hybridized carbons (Fsp3) is 0.647. The highest BCUT2D eigenvalue weighted by Crippen LogP contribution is 2.57. The van der Waals surface area contributed by atoms with Gasteiger partial charge in [0.25, 0.3) is 0 Å². The zero-order chi connectivity index (χ0) is 16.1. The van der Waals surface area contributed by atoms with Crippen molar-refractivity contribution in [1.29, 1.82) is 0 Å². The van der Waals surface area contributed by atoms with Crippen LogP contribution in [-0.4, -0.2) is 27.7 Å². The first kappa shape index (κ1) is 15.8. The van der Waals surface area contributed by atoms with Gasteiger partial charge in [0.1, 0.15) is 0 Å². The summed E-state index contributed by atoms with van der Waals surface area (Å²) in [6.07, 6.45) is 6.09. The van der Waals surface area contributed by atoms with Crippen molar-refractivity contribution in [1.82, 2.24) is 0 Å². The van der Waals surface area contributed by atoms with E-state index in [1.54, 1.807) is 6.92 Å². The summed E-state index contributed by atoms with van der Waals surface area (Å²) in [6, 6.07) is 0. The second-order valence-corrected chi connectivity index (χ2v) is 8.26. The van der Waals surface area contributed by atoms with Crippen molar-refractivity contribution in [2.24, 2.45) is 17.3 Å². The van der Waals surface area contributed by atoms with E-state index in [4.69, 9.17) is 4.74 Å². The summed E-state index contributed by atoms with van der Waals surface area (Å²) >= 11 is 1.33. The third-order valence-corrected chi connectivity index (χ3v) is 6.21. The molecule has 0 bridgehead atoms. The maximum absolute atomic E-state index is 11.6. The Labute approximate surface area is 135 Å². The van der Waals surface area contributed by atoms with Gasteiger partial charge < -0.3 is 9.84 Å². The number of rotatable bonds is 2. The number of aliphatic hydroxyl groups is 1. The van der Waals surface area contributed by atoms with E-state index in [1.165, 1.54) is 23.4 Å². The summed E-state index contributed by atoms with van der Waals surface area (Å²) in [5.74, 6) is -0.603. The highest BCUT2D eigenvalue weighted by Gasteiger charge is 2.57. The topological polar surface area (TPSA) is 63.6 Å². The molecule has 0 aromatic carbocycles. The van der Waals surface area contributed by atoms with Gasteiger partial charge in [-0.2, -0.15) is 0 Å². The number of allylic oxidation sites excluding steroid dienone is 1. The monoisotopic (exact) mass is 322 g/mol. The molecule has 5 heteroatoms. The average Bonchev–Trinajstić information content (AvgIpc) is 2.71. The first-order chi connectivity index (χ1) is 10.2. The smallest absolute Gasteiger partial charge is 0.333 e. The van der Waals surface area contributed by atoms with Crippen LogP contribution in [0.4, 0.5) is 0 Å². The number of ether oxygens (including phenoxy) is 1. The van der Waals surface area contributed by atoms with Crippen LogP contribution < -0.4 is 0 Å². The number of hydrogen-bond acceptors (Lipinski definition) is 5. The number of carbonyl (C=O) groups is 2. The fourth-order valence-corrected chi connectivity index (χ4v) is 4.94. The Hall–Kier alpha value is -1.07. The summed E-state index contributed by atoms with van der Waals surface area (Å²) in [6.45, 7) is 5.76. The Bertz CT molecular complexity index is 589. The minimum atomic E-state index is -1.45. The largest absolute Gasteiger partial charge is 0.426 e. The summed E-state index contributed by atoms with van der Waals surface area (Å²) in [7, 11) is 0. The molecule has 0 unspecified atom stereocenters. The molecule has 0 saturated heterocycles. The molecule has 22 heavy (non-hydrogen) atoms. The second kappa shape index (κ2) is 5.24. The lowest BCUT2D eigenvalue weighted by Crippen LogP contribution is -2.50. The molecule has 1 N–H and O–H groups in total. The molecule has 0 radical (unpaired) electrons. The van der Waals surface area contributed by atoms with Crippen LogP contribution >= 0.6 is 11.8 Å². The lowest BCUT2D eigenvalue weighted by atomic mass is 9.56. The zero-order valence-electron chi connectivity index (χ0n) is 13.2. The molecule has 1 aliphatic heterocycles. The molecule has 2 aliphatic carbocycles. The molecule has 120 valence electrons. The molecule has 4 nitrogen and oxygen atoms in total. The van der Waals surface area contributed by atoms with Crippen LogP contribution in [0, 0.1) is 17.3 Å². The predicted molar refractivity (Wildman–Crippen MR) is 85.0 cm³/mol. The summed E-state index contributed by atoms with van der Waals surface area (Å²) < 4.78 is 5.21. The van der Waals surface area contributed by atoms with Crippen LogP contribution in [-0.2, 0) is 14.3 Å². The second-order valence-electron chi connectivity index (χ2n) is 7.10. The first-order valence-corrected chi connectivity index (χ1v) is 8.72. The van der Waals surface area contributed by atoms with Gasteiger partial charge >= 0.3 is 5.97 Å². The Kier molecular flexibility index (Phi) is 3.76. The van der Waals surface area contributed by atoms with Gasteiger partial charge in [-0.15, -0.1) is 0 Å². The van der Waals surface area contributed by atoms with Crippen molar-refractivity contribution in [3.8, 4) is 0 Å². The molecule has 0 aromatic rings. The SMILES string of the molecule is CC(=O)SCC1=C[C@H]2C[C@@]3(O)OC(=O)C=C3C(C)(C)[C@H]2CC1. The van der Waals surface area contributed by atoms with Crippen molar-refractivity contribution in [2.45, 2.75) is 45.8 Å². The van der Waals surface area contributed by atoms with Crippen molar-refractivity contribution in [3.63, 3.8) is 0 Å². The number of esters is 1. The highest BCUT2D eigenvalue weighted by atomic mass is 32.2. The van der Waals surface area contributed by atoms with Crippen LogP contribution in [0.2, 0.25) is 0 Å². The maximum Gasteiger partial charge on any atom is 0.333 e. The van der Waals surface area contributed by atoms with Gasteiger partial charge in [0.15, 0.2) is 5.12 Å². The molecular weight excluding hydrogens is 300 g/mol. The summed E-state index contributed by atoms with van der Waals surface area (Å²) in [4.78, 5) is 22.8. The van der Waals surface area contributed by atoms with Gasteiger partial charge in [0.2, 0.25) is 5.79 Å². The van der Waals surface area contributed by atoms with Crippen molar-refractivity contribution >= 4 is 22.8 Å². The fourth-order valence-electron chi connectivity index (χ4n) is 4.31. The summed E-state index contributed by atoms with van der Waals surface area (Å²) in [5.41, 5.74) is 1.72. The molecule has 0 aromatic heterocycles. The van der Waals surface area contributed by atoms with Gasteiger partial charge in [-0.1, -0.05) is 37.3 Å². The van der Waals surface area contributed by atoms with Gasteiger partial charge in [-0.05, 0) is 30.1 Å². The minimum absolute atomic E-state index is 0.126. The highest BCUT2D eigenvalue weighted by molar-refractivity contribution is 8.13. The third-order valence-electron chi connectivity index (χ3n) is 5.29. The van der Waals surface area contributed by atoms with Crippen LogP contribution in [0.3, 0.4) is 0 Å². The number of carbonyl (C=O) groups excluding carboxylic acids is 2. The van der Waals surface area contributed by atoms with Gasteiger partial charge in [-0.25, -0.2) is 4.79 Å². The van der Waals surface area contributed by atoms with Crippen molar-refractivity contribution in [3.05, 3.63) is 23.3 Å². The Morgan fingerprint density at radius 1 is 1.50 bits per heavy atom. The van der Waals surface area contributed by atoms with Crippen LogP contribution in [0.1, 0.15) is 40.0 Å². The van der Waals surface area contributed by atoms with E-state index >= 15 is 0 Å². The van der Waals surface area contributed by atoms with Crippen LogP contribution in [0.5, 0.6) is 0 Å². The quantitative estimate of drug-likeness (QED) is 0.625. The van der Waals surface area contributed by atoms with Crippen LogP contribution in [0.25, 0.3) is 0 Å². The molecule has 3 aliphatic rings. The number of hydrogen-bond donors (Lipinski definition) is 1. The van der Waals surface area contributed by atoms with Crippen molar-refractivity contribution < 1.29 is 19.4 Å². The molecular formula is C17H22O4S. The Morgan fingerprint density at radius 2 is 2.23 bits per heavy atom. The average molecular weight is 322 g/mol. The van der Waals surface area contributed by atoms with E-state index in [2.05, 4.69) is 19.9 Å². The van der Waals surface area contributed by atoms with Crippen LogP contribution in [0.15, 0.2) is 23.3 Å². The standard InChI is InChI=1S/C17H22O4S/c1-10(18)22-9-11-4-5-13-12(6-11)8-17(20)14(16(13,2)3)7-15(19)21-17/h6-7,12-13,20H,4-5,8-9H2,1-3H3/t12-,13-,17+/m0/s1. The third kappa shape index (κ3) is 2.54. The molecule has 0 amide bonds. The zero-order valence-corrected chi connectivity index (χ0v) is 14.0. The van der Waals surface area contributed by atoms with Gasteiger partial charge in [0, 0.05) is 30.7 Å². The lowest BCUT2D eigenvalue weighted by molar-refractivity contribution is -0.201. The molecule has 1 fully saturated rings. The predicted octanol–water partition coefficient (Wildman–Crippen LogP) is 2.82. The first-order valence-electron chi connectivity index (χ1n) is 7.73. The van der Waals surface area contributed by atoms with Gasteiger partial charge in [0.05, 0.1) is 0 Å². The van der Waals surface area contributed by atoms with Crippen molar-refractivity contribution in [2.75, 3.05) is 5.75 Å². The molecule has 3 rings (SSSR count). The Morgan fingerprint density at radius 3 is 2.91 bits per heavy atom.